The summed E-state index contributed by atoms with van der Waals surface area (Å²) in [5.41, 5.74) is 1.81. The highest BCUT2D eigenvalue weighted by atomic mass is 32.1. The molecule has 0 amide bonds. The van der Waals surface area contributed by atoms with Crippen LogP contribution in [-0.2, 0) is 6.42 Å². The zero-order chi connectivity index (χ0) is 14.4. The lowest BCUT2D eigenvalue weighted by Crippen LogP contribution is -2.21. The van der Waals surface area contributed by atoms with E-state index in [4.69, 9.17) is 5.11 Å². The van der Waals surface area contributed by atoms with Gasteiger partial charge in [0.05, 0.1) is 11.5 Å². The highest BCUT2D eigenvalue weighted by Crippen LogP contribution is 2.22. The van der Waals surface area contributed by atoms with Crippen molar-refractivity contribution in [3.05, 3.63) is 64.6 Å². The maximum Gasteiger partial charge on any atom is 0.348 e. The summed E-state index contributed by atoms with van der Waals surface area (Å²) >= 11 is 1.19. The van der Waals surface area contributed by atoms with E-state index in [0.29, 0.717) is 11.5 Å². The summed E-state index contributed by atoms with van der Waals surface area (Å²) in [5, 5.41) is 16.9. The molecular weight excluding hydrogens is 272 g/mol. The average Bonchev–Trinajstić information content (AvgIpc) is 2.88. The van der Waals surface area contributed by atoms with Gasteiger partial charge in [-0.3, -0.25) is 0 Å². The van der Waals surface area contributed by atoms with Crippen LogP contribution in [0.1, 0.15) is 15.2 Å². The highest BCUT2D eigenvalue weighted by molar-refractivity contribution is 7.12. The monoisotopic (exact) mass is 288 g/mol. The number of thiophene rings is 1. The Morgan fingerprint density at radius 2 is 2.00 bits per heavy atom. The van der Waals surface area contributed by atoms with Crippen LogP contribution >= 0.6 is 11.3 Å². The molecule has 1 heterocycles. The lowest BCUT2D eigenvalue weighted by molar-refractivity contribution is 0.0703. The number of hydrogen-bond donors (Lipinski definition) is 3. The first-order valence-corrected chi connectivity index (χ1v) is 7.09. The molecule has 0 bridgehead atoms. The van der Waals surface area contributed by atoms with Crippen molar-refractivity contribution in [2.45, 2.75) is 6.42 Å². The molecule has 0 saturated heterocycles. The zero-order valence-electron chi connectivity index (χ0n) is 10.9. The van der Waals surface area contributed by atoms with Crippen molar-refractivity contribution in [3.8, 4) is 0 Å². The van der Waals surface area contributed by atoms with Gasteiger partial charge >= 0.3 is 5.97 Å². The van der Waals surface area contributed by atoms with Crippen LogP contribution in [-0.4, -0.2) is 17.6 Å². The van der Waals surface area contributed by atoms with Gasteiger partial charge in [-0.05, 0) is 23.4 Å². The van der Waals surface area contributed by atoms with Gasteiger partial charge in [-0.25, -0.2) is 4.79 Å². The van der Waals surface area contributed by atoms with Crippen LogP contribution in [0.2, 0.25) is 0 Å². The first-order valence-electron chi connectivity index (χ1n) is 6.21. The highest BCUT2D eigenvalue weighted by Gasteiger charge is 2.11. The summed E-state index contributed by atoms with van der Waals surface area (Å²) in [6.07, 6.45) is 0.886. The van der Waals surface area contributed by atoms with Crippen molar-refractivity contribution in [3.63, 3.8) is 0 Å². The van der Waals surface area contributed by atoms with Crippen LogP contribution in [0, 0.1) is 0 Å². The largest absolute Gasteiger partial charge is 0.477 e. The van der Waals surface area contributed by atoms with Crippen LogP contribution in [0.15, 0.2) is 54.2 Å². The standard InChI is InChI=1S/C15H16N2O2S/c1-11(16-9-7-12-5-3-2-4-6-12)17-13-8-10-20-14(13)15(18)19/h2-6,8,10,16-17H,1,7,9H2,(H,18,19). The van der Waals surface area contributed by atoms with Crippen LogP contribution in [0.3, 0.4) is 0 Å². The fraction of sp³-hybridized carbons (Fsp3) is 0.133. The average molecular weight is 288 g/mol. The molecule has 20 heavy (non-hydrogen) atoms. The smallest absolute Gasteiger partial charge is 0.348 e. The maximum absolute atomic E-state index is 11.0. The summed E-state index contributed by atoms with van der Waals surface area (Å²) in [5.74, 6) is -0.332. The molecule has 104 valence electrons. The summed E-state index contributed by atoms with van der Waals surface area (Å²) in [6, 6.07) is 11.9. The molecule has 0 aliphatic carbocycles. The molecule has 0 saturated carbocycles. The van der Waals surface area contributed by atoms with Gasteiger partial charge in [-0.1, -0.05) is 36.9 Å². The van der Waals surface area contributed by atoms with Crippen molar-refractivity contribution in [1.29, 1.82) is 0 Å². The number of carboxylic acids is 1. The number of rotatable bonds is 7. The van der Waals surface area contributed by atoms with Crippen LogP contribution in [0.5, 0.6) is 0 Å². The lowest BCUT2D eigenvalue weighted by atomic mass is 10.1. The molecule has 1 aromatic heterocycles. The molecule has 0 atom stereocenters. The second kappa shape index (κ2) is 6.77. The van der Waals surface area contributed by atoms with Gasteiger partial charge in [-0.15, -0.1) is 11.3 Å². The summed E-state index contributed by atoms with van der Waals surface area (Å²) in [7, 11) is 0. The Hall–Kier alpha value is -2.27. The van der Waals surface area contributed by atoms with E-state index in [2.05, 4.69) is 29.3 Å². The quantitative estimate of drug-likeness (QED) is 0.732. The van der Waals surface area contributed by atoms with E-state index in [1.165, 1.54) is 16.9 Å². The van der Waals surface area contributed by atoms with Gasteiger partial charge in [0.1, 0.15) is 4.88 Å². The Balaban J connectivity index is 1.81. The normalized spacial score (nSPS) is 10.0. The third-order valence-electron chi connectivity index (χ3n) is 2.74. The number of hydrogen-bond acceptors (Lipinski definition) is 4. The third kappa shape index (κ3) is 3.86. The summed E-state index contributed by atoms with van der Waals surface area (Å²) < 4.78 is 0. The van der Waals surface area contributed by atoms with Crippen molar-refractivity contribution in [2.24, 2.45) is 0 Å². The lowest BCUT2D eigenvalue weighted by Gasteiger charge is -2.11. The fourth-order valence-electron chi connectivity index (χ4n) is 1.78. The molecule has 5 heteroatoms. The number of nitrogens with one attached hydrogen (secondary N) is 2. The van der Waals surface area contributed by atoms with Gasteiger partial charge in [0, 0.05) is 6.54 Å². The Kier molecular flexibility index (Phi) is 4.79. The van der Waals surface area contributed by atoms with Crippen molar-refractivity contribution >= 4 is 23.0 Å². The number of anilines is 1. The van der Waals surface area contributed by atoms with E-state index >= 15 is 0 Å². The van der Waals surface area contributed by atoms with Gasteiger partial charge in [0.2, 0.25) is 0 Å². The molecule has 1 aromatic carbocycles. The Morgan fingerprint density at radius 1 is 1.25 bits per heavy atom. The van der Waals surface area contributed by atoms with E-state index < -0.39 is 5.97 Å². The molecule has 0 spiro atoms. The van der Waals surface area contributed by atoms with E-state index in [1.807, 2.05) is 18.2 Å². The molecule has 0 aliphatic rings. The summed E-state index contributed by atoms with van der Waals surface area (Å²) in [6.45, 7) is 4.59. The van der Waals surface area contributed by atoms with Crippen LogP contribution in [0.4, 0.5) is 5.69 Å². The molecular formula is C15H16N2O2S. The molecule has 0 aliphatic heterocycles. The fourth-order valence-corrected chi connectivity index (χ4v) is 2.47. The van der Waals surface area contributed by atoms with Crippen molar-refractivity contribution in [2.75, 3.05) is 11.9 Å². The minimum absolute atomic E-state index is 0.288. The van der Waals surface area contributed by atoms with Crippen molar-refractivity contribution < 1.29 is 9.90 Å². The van der Waals surface area contributed by atoms with E-state index in [9.17, 15) is 4.79 Å². The van der Waals surface area contributed by atoms with E-state index in [1.54, 1.807) is 11.4 Å². The first-order chi connectivity index (χ1) is 9.66. The van der Waals surface area contributed by atoms with Crippen LogP contribution < -0.4 is 10.6 Å². The molecule has 0 fully saturated rings. The van der Waals surface area contributed by atoms with Crippen LogP contribution in [0.25, 0.3) is 0 Å². The number of aromatic carboxylic acids is 1. The van der Waals surface area contributed by atoms with Gasteiger partial charge in [0.15, 0.2) is 0 Å². The molecule has 0 radical (unpaired) electrons. The number of carboxylic acid groups (broad SMARTS) is 1. The zero-order valence-corrected chi connectivity index (χ0v) is 11.7. The second-order valence-corrected chi connectivity index (χ2v) is 5.15. The Bertz CT molecular complexity index is 593. The first kappa shape index (κ1) is 14.1. The number of carbonyl (C=O) groups is 1. The number of benzene rings is 1. The van der Waals surface area contributed by atoms with Gasteiger partial charge in [-0.2, -0.15) is 0 Å². The molecule has 2 rings (SSSR count). The predicted octanol–water partition coefficient (Wildman–Crippen LogP) is 3.16. The third-order valence-corrected chi connectivity index (χ3v) is 3.64. The minimum atomic E-state index is -0.931. The van der Waals surface area contributed by atoms with E-state index in [-0.39, 0.29) is 4.88 Å². The second-order valence-electron chi connectivity index (χ2n) is 4.23. The maximum atomic E-state index is 11.0. The molecule has 4 nitrogen and oxygen atoms in total. The topological polar surface area (TPSA) is 61.4 Å². The Morgan fingerprint density at radius 3 is 2.70 bits per heavy atom. The molecule has 3 N–H and O–H groups in total. The van der Waals surface area contributed by atoms with E-state index in [0.717, 1.165) is 13.0 Å². The Labute approximate surface area is 121 Å². The van der Waals surface area contributed by atoms with Gasteiger partial charge in [0.25, 0.3) is 0 Å². The minimum Gasteiger partial charge on any atom is -0.477 e. The molecule has 0 unspecified atom stereocenters. The molecule has 2 aromatic rings. The van der Waals surface area contributed by atoms with Gasteiger partial charge < -0.3 is 15.7 Å². The predicted molar refractivity (Wildman–Crippen MR) is 82.2 cm³/mol. The summed E-state index contributed by atoms with van der Waals surface area (Å²) in [4.78, 5) is 11.3. The van der Waals surface area contributed by atoms with Crippen molar-refractivity contribution in [1.82, 2.24) is 5.32 Å². The SMILES string of the molecule is C=C(NCCc1ccccc1)Nc1ccsc1C(=O)O.